The molecule has 1 saturated heterocycles. The molecule has 0 radical (unpaired) electrons. The van der Waals surface area contributed by atoms with Crippen LogP contribution in [0.5, 0.6) is 0 Å². The standard InChI is InChI=1S/C11H21NO2/c1-3-5-7-11(6-4-2,10(13)14)12-8-9-12/h3-9H2,1-2H3,(H,13,14). The first kappa shape index (κ1) is 11.5. The molecule has 1 aliphatic heterocycles. The Morgan fingerprint density at radius 2 is 1.93 bits per heavy atom. The number of carbonyl (C=O) groups is 1. The SMILES string of the molecule is CCCCC(CCC)(C(=O)O)N1CC1. The Hall–Kier alpha value is -0.570. The second-order valence-corrected chi connectivity index (χ2v) is 4.18. The first-order valence-corrected chi connectivity index (χ1v) is 5.66. The minimum atomic E-state index is -0.620. The fraction of sp³-hybridized carbons (Fsp3) is 0.909. The Kier molecular flexibility index (Phi) is 3.93. The average molecular weight is 199 g/mol. The third kappa shape index (κ3) is 2.27. The summed E-state index contributed by atoms with van der Waals surface area (Å²) in [6.07, 6.45) is 4.65. The highest BCUT2D eigenvalue weighted by Crippen LogP contribution is 2.33. The van der Waals surface area contributed by atoms with E-state index in [0.29, 0.717) is 0 Å². The number of unbranched alkanes of at least 4 members (excludes halogenated alkanes) is 1. The third-order valence-electron chi connectivity index (χ3n) is 3.06. The highest BCUT2D eigenvalue weighted by atomic mass is 16.4. The summed E-state index contributed by atoms with van der Waals surface area (Å²) in [5, 5.41) is 9.35. The van der Waals surface area contributed by atoms with Crippen molar-refractivity contribution in [2.24, 2.45) is 0 Å². The summed E-state index contributed by atoms with van der Waals surface area (Å²) in [6, 6.07) is 0. The van der Waals surface area contributed by atoms with Crippen molar-refractivity contribution in [1.82, 2.24) is 4.90 Å². The summed E-state index contributed by atoms with van der Waals surface area (Å²) < 4.78 is 0. The molecule has 3 heteroatoms. The zero-order chi connectivity index (χ0) is 10.6. The number of hydrogen-bond donors (Lipinski definition) is 1. The van der Waals surface area contributed by atoms with Crippen molar-refractivity contribution in [1.29, 1.82) is 0 Å². The maximum absolute atomic E-state index is 11.4. The second kappa shape index (κ2) is 4.78. The minimum Gasteiger partial charge on any atom is -0.480 e. The predicted octanol–water partition coefficient (Wildman–Crippen LogP) is 2.12. The van der Waals surface area contributed by atoms with E-state index in [1.54, 1.807) is 0 Å². The lowest BCUT2D eigenvalue weighted by molar-refractivity contribution is -0.148. The molecular weight excluding hydrogens is 178 g/mol. The van der Waals surface area contributed by atoms with Gasteiger partial charge in [0.25, 0.3) is 0 Å². The molecule has 1 rings (SSSR count). The fourth-order valence-corrected chi connectivity index (χ4v) is 2.15. The van der Waals surface area contributed by atoms with Gasteiger partial charge < -0.3 is 5.11 Å². The van der Waals surface area contributed by atoms with Crippen LogP contribution < -0.4 is 0 Å². The second-order valence-electron chi connectivity index (χ2n) is 4.18. The summed E-state index contributed by atoms with van der Waals surface area (Å²) >= 11 is 0. The van der Waals surface area contributed by atoms with Gasteiger partial charge in [-0.05, 0) is 12.8 Å². The summed E-state index contributed by atoms with van der Waals surface area (Å²) in [4.78, 5) is 13.5. The molecule has 1 unspecified atom stereocenters. The van der Waals surface area contributed by atoms with E-state index in [2.05, 4.69) is 18.7 Å². The average Bonchev–Trinajstić information content (AvgIpc) is 2.95. The van der Waals surface area contributed by atoms with Crippen molar-refractivity contribution in [3.8, 4) is 0 Å². The van der Waals surface area contributed by atoms with Gasteiger partial charge in [0.15, 0.2) is 0 Å². The van der Waals surface area contributed by atoms with Crippen molar-refractivity contribution >= 4 is 5.97 Å². The van der Waals surface area contributed by atoms with Crippen LogP contribution in [0.25, 0.3) is 0 Å². The molecule has 1 aliphatic rings. The lowest BCUT2D eigenvalue weighted by Gasteiger charge is -2.30. The molecule has 0 aliphatic carbocycles. The molecule has 82 valence electrons. The number of aliphatic carboxylic acids is 1. The van der Waals surface area contributed by atoms with E-state index >= 15 is 0 Å². The van der Waals surface area contributed by atoms with E-state index in [0.717, 1.165) is 45.2 Å². The molecule has 1 N–H and O–H groups in total. The van der Waals surface area contributed by atoms with E-state index < -0.39 is 11.5 Å². The van der Waals surface area contributed by atoms with E-state index in [4.69, 9.17) is 0 Å². The van der Waals surface area contributed by atoms with Gasteiger partial charge in [0.05, 0.1) is 0 Å². The molecule has 0 bridgehead atoms. The van der Waals surface area contributed by atoms with Crippen molar-refractivity contribution in [3.63, 3.8) is 0 Å². The molecule has 0 aromatic heterocycles. The quantitative estimate of drug-likeness (QED) is 0.638. The molecule has 14 heavy (non-hydrogen) atoms. The largest absolute Gasteiger partial charge is 0.480 e. The van der Waals surface area contributed by atoms with Crippen molar-refractivity contribution in [2.45, 2.75) is 51.5 Å². The predicted molar refractivity (Wildman–Crippen MR) is 56.4 cm³/mol. The lowest BCUT2D eigenvalue weighted by Crippen LogP contribution is -2.46. The molecule has 0 spiro atoms. The molecule has 0 aromatic carbocycles. The van der Waals surface area contributed by atoms with Gasteiger partial charge in [-0.25, -0.2) is 0 Å². The number of rotatable bonds is 7. The molecule has 1 atom stereocenters. The van der Waals surface area contributed by atoms with Crippen LogP contribution in [0.4, 0.5) is 0 Å². The van der Waals surface area contributed by atoms with E-state index in [1.807, 2.05) is 0 Å². The summed E-state index contributed by atoms with van der Waals surface area (Å²) in [6.45, 7) is 6.11. The summed E-state index contributed by atoms with van der Waals surface area (Å²) in [5.74, 6) is -0.620. The Bertz CT molecular complexity index is 201. The highest BCUT2D eigenvalue weighted by Gasteiger charge is 2.47. The van der Waals surface area contributed by atoms with Gasteiger partial charge in [0.2, 0.25) is 0 Å². The molecule has 0 amide bonds. The maximum atomic E-state index is 11.4. The number of hydrogen-bond acceptors (Lipinski definition) is 2. The number of carboxylic acid groups (broad SMARTS) is 1. The Balaban J connectivity index is 2.67. The van der Waals surface area contributed by atoms with Gasteiger partial charge in [-0.1, -0.05) is 33.1 Å². The maximum Gasteiger partial charge on any atom is 0.324 e. The molecule has 0 saturated carbocycles. The van der Waals surface area contributed by atoms with Gasteiger partial charge in [-0.15, -0.1) is 0 Å². The van der Waals surface area contributed by atoms with Crippen LogP contribution in [0.1, 0.15) is 46.0 Å². The van der Waals surface area contributed by atoms with Crippen LogP contribution in [0.15, 0.2) is 0 Å². The first-order valence-electron chi connectivity index (χ1n) is 5.66. The van der Waals surface area contributed by atoms with Crippen LogP contribution in [0, 0.1) is 0 Å². The van der Waals surface area contributed by atoms with Gasteiger partial charge in [-0.3, -0.25) is 9.69 Å². The Morgan fingerprint density at radius 1 is 1.29 bits per heavy atom. The van der Waals surface area contributed by atoms with E-state index in [1.165, 1.54) is 0 Å². The topological polar surface area (TPSA) is 40.3 Å². The van der Waals surface area contributed by atoms with Crippen LogP contribution >= 0.6 is 0 Å². The lowest BCUT2D eigenvalue weighted by atomic mass is 9.88. The molecule has 0 aromatic rings. The molecule has 1 heterocycles. The monoisotopic (exact) mass is 199 g/mol. The van der Waals surface area contributed by atoms with E-state index in [9.17, 15) is 9.90 Å². The number of nitrogens with zero attached hydrogens (tertiary/aromatic N) is 1. The molecule has 1 fully saturated rings. The molecular formula is C11H21NO2. The Labute approximate surface area is 86.1 Å². The Morgan fingerprint density at radius 3 is 2.29 bits per heavy atom. The van der Waals surface area contributed by atoms with Gasteiger partial charge in [0.1, 0.15) is 5.54 Å². The zero-order valence-electron chi connectivity index (χ0n) is 9.25. The fourth-order valence-electron chi connectivity index (χ4n) is 2.15. The summed E-state index contributed by atoms with van der Waals surface area (Å²) in [7, 11) is 0. The zero-order valence-corrected chi connectivity index (χ0v) is 9.25. The van der Waals surface area contributed by atoms with Crippen LogP contribution in [-0.4, -0.2) is 34.6 Å². The molecule has 3 nitrogen and oxygen atoms in total. The van der Waals surface area contributed by atoms with Gasteiger partial charge in [-0.2, -0.15) is 0 Å². The highest BCUT2D eigenvalue weighted by molar-refractivity contribution is 5.79. The van der Waals surface area contributed by atoms with Crippen LogP contribution in [-0.2, 0) is 4.79 Å². The number of carboxylic acids is 1. The van der Waals surface area contributed by atoms with Crippen molar-refractivity contribution in [2.75, 3.05) is 13.1 Å². The van der Waals surface area contributed by atoms with Crippen molar-refractivity contribution in [3.05, 3.63) is 0 Å². The van der Waals surface area contributed by atoms with Crippen LogP contribution in [0.2, 0.25) is 0 Å². The van der Waals surface area contributed by atoms with Gasteiger partial charge >= 0.3 is 5.97 Å². The van der Waals surface area contributed by atoms with Crippen LogP contribution in [0.3, 0.4) is 0 Å². The van der Waals surface area contributed by atoms with Gasteiger partial charge in [0, 0.05) is 13.1 Å². The smallest absolute Gasteiger partial charge is 0.324 e. The third-order valence-corrected chi connectivity index (χ3v) is 3.06. The first-order chi connectivity index (χ1) is 6.67. The summed E-state index contributed by atoms with van der Waals surface area (Å²) in [5.41, 5.74) is -0.537. The van der Waals surface area contributed by atoms with E-state index in [-0.39, 0.29) is 0 Å². The minimum absolute atomic E-state index is 0.537. The van der Waals surface area contributed by atoms with Crippen molar-refractivity contribution < 1.29 is 9.90 Å². The normalized spacial score (nSPS) is 20.4.